The molecule has 1 aromatic rings. The van der Waals surface area contributed by atoms with Crippen molar-refractivity contribution >= 4 is 29.3 Å². The Hall–Kier alpha value is -0.670. The molecule has 0 saturated heterocycles. The molecule has 1 N–H and O–H groups in total. The molecule has 0 saturated carbocycles. The molecular weight excluding hydrogens is 278 g/mol. The van der Waals surface area contributed by atoms with Gasteiger partial charge in [-0.05, 0) is 56.7 Å². The van der Waals surface area contributed by atoms with Gasteiger partial charge >= 0.3 is 0 Å². The first kappa shape index (κ1) is 16.4. The summed E-state index contributed by atoms with van der Waals surface area (Å²) >= 11 is 7.58. The van der Waals surface area contributed by atoms with Gasteiger partial charge in [0.1, 0.15) is 0 Å². The fraction of sp³-hybridized carbons (Fsp3) is 0.533. The molecule has 106 valence electrons. The first-order valence-electron chi connectivity index (χ1n) is 6.62. The number of carbonyl (C=O) groups is 1. The second-order valence-corrected chi connectivity index (χ2v) is 6.80. The highest BCUT2D eigenvalue weighted by Gasteiger charge is 2.16. The topological polar surface area (TPSA) is 29.1 Å². The molecule has 0 atom stereocenters. The zero-order valence-electron chi connectivity index (χ0n) is 11.8. The van der Waals surface area contributed by atoms with Gasteiger partial charge in [0, 0.05) is 21.9 Å². The van der Waals surface area contributed by atoms with Gasteiger partial charge in [-0.3, -0.25) is 4.79 Å². The maximum atomic E-state index is 11.7. The van der Waals surface area contributed by atoms with Crippen LogP contribution in [0.2, 0.25) is 5.02 Å². The normalized spacial score (nSPS) is 11.4. The third-order valence-corrected chi connectivity index (χ3v) is 4.34. The van der Waals surface area contributed by atoms with Crippen LogP contribution in [0.5, 0.6) is 0 Å². The van der Waals surface area contributed by atoms with Crippen LogP contribution in [-0.2, 0) is 4.79 Å². The summed E-state index contributed by atoms with van der Waals surface area (Å²) in [6.07, 6.45) is 2.42. The van der Waals surface area contributed by atoms with E-state index < -0.39 is 0 Å². The van der Waals surface area contributed by atoms with Crippen molar-refractivity contribution in [2.24, 2.45) is 0 Å². The van der Waals surface area contributed by atoms with E-state index in [4.69, 9.17) is 11.6 Å². The number of amides is 1. The Bertz CT molecular complexity index is 403. The van der Waals surface area contributed by atoms with Crippen molar-refractivity contribution in [2.45, 2.75) is 50.5 Å². The van der Waals surface area contributed by atoms with Gasteiger partial charge < -0.3 is 5.32 Å². The number of benzene rings is 1. The Morgan fingerprint density at radius 2 is 1.95 bits per heavy atom. The predicted molar refractivity (Wildman–Crippen MR) is 83.9 cm³/mol. The number of nitrogens with one attached hydrogen (secondary N) is 1. The van der Waals surface area contributed by atoms with E-state index in [0.29, 0.717) is 6.42 Å². The summed E-state index contributed by atoms with van der Waals surface area (Å²) in [5, 5.41) is 3.80. The van der Waals surface area contributed by atoms with Crippen LogP contribution in [0.4, 0.5) is 0 Å². The predicted octanol–water partition coefficient (Wildman–Crippen LogP) is 4.52. The lowest BCUT2D eigenvalue weighted by molar-refractivity contribution is -0.122. The maximum absolute atomic E-state index is 11.7. The molecule has 0 heterocycles. The molecule has 0 aliphatic heterocycles. The summed E-state index contributed by atoms with van der Waals surface area (Å²) in [7, 11) is 0. The van der Waals surface area contributed by atoms with Crippen LogP contribution in [-0.4, -0.2) is 17.2 Å². The van der Waals surface area contributed by atoms with E-state index in [1.54, 1.807) is 11.8 Å². The average molecular weight is 300 g/mol. The van der Waals surface area contributed by atoms with Crippen molar-refractivity contribution in [3.8, 4) is 0 Å². The maximum Gasteiger partial charge on any atom is 0.220 e. The fourth-order valence-corrected chi connectivity index (χ4v) is 2.46. The second-order valence-electron chi connectivity index (χ2n) is 5.19. The molecule has 0 radical (unpaired) electrons. The molecule has 0 bridgehead atoms. The molecule has 4 heteroatoms. The van der Waals surface area contributed by atoms with Crippen molar-refractivity contribution in [3.05, 3.63) is 29.3 Å². The summed E-state index contributed by atoms with van der Waals surface area (Å²) in [6.45, 7) is 6.18. The van der Waals surface area contributed by atoms with Gasteiger partial charge in [0.15, 0.2) is 0 Å². The summed E-state index contributed by atoms with van der Waals surface area (Å²) < 4.78 is 0. The van der Waals surface area contributed by atoms with Crippen LogP contribution in [0.1, 0.15) is 40.0 Å². The van der Waals surface area contributed by atoms with E-state index in [1.165, 1.54) is 4.90 Å². The Morgan fingerprint density at radius 1 is 1.32 bits per heavy atom. The number of thioether (sulfide) groups is 1. The SMILES string of the molecule is CCC(C)(C)NC(=O)CCCSc1ccc(Cl)cc1. The monoisotopic (exact) mass is 299 g/mol. The van der Waals surface area contributed by atoms with Gasteiger partial charge in [-0.25, -0.2) is 0 Å². The molecule has 0 fully saturated rings. The Morgan fingerprint density at radius 3 is 2.53 bits per heavy atom. The number of halogens is 1. The molecule has 1 amide bonds. The van der Waals surface area contributed by atoms with Gasteiger partial charge in [0.2, 0.25) is 5.91 Å². The average Bonchev–Trinajstić information content (AvgIpc) is 2.36. The van der Waals surface area contributed by atoms with Crippen LogP contribution >= 0.6 is 23.4 Å². The summed E-state index contributed by atoms with van der Waals surface area (Å²) in [4.78, 5) is 12.9. The number of hydrogen-bond acceptors (Lipinski definition) is 2. The minimum atomic E-state index is -0.0968. The Kier molecular flexibility index (Phi) is 6.73. The molecule has 0 unspecified atom stereocenters. The molecule has 1 aromatic carbocycles. The molecule has 0 aliphatic rings. The van der Waals surface area contributed by atoms with Crippen molar-refractivity contribution < 1.29 is 4.79 Å². The summed E-state index contributed by atoms with van der Waals surface area (Å²) in [5.41, 5.74) is -0.0968. The number of carbonyl (C=O) groups excluding carboxylic acids is 1. The van der Waals surface area contributed by atoms with Gasteiger partial charge in [0.25, 0.3) is 0 Å². The van der Waals surface area contributed by atoms with Gasteiger partial charge in [0.05, 0.1) is 0 Å². The molecule has 0 aromatic heterocycles. The molecule has 2 nitrogen and oxygen atoms in total. The minimum absolute atomic E-state index is 0.0968. The highest BCUT2D eigenvalue weighted by atomic mass is 35.5. The smallest absolute Gasteiger partial charge is 0.220 e. The van der Waals surface area contributed by atoms with Crippen molar-refractivity contribution in [1.29, 1.82) is 0 Å². The van der Waals surface area contributed by atoms with Crippen LogP contribution in [0, 0.1) is 0 Å². The molecule has 19 heavy (non-hydrogen) atoms. The van der Waals surface area contributed by atoms with Crippen LogP contribution in [0.3, 0.4) is 0 Å². The van der Waals surface area contributed by atoms with Crippen molar-refractivity contribution in [1.82, 2.24) is 5.32 Å². The summed E-state index contributed by atoms with van der Waals surface area (Å²) in [5.74, 6) is 1.09. The quantitative estimate of drug-likeness (QED) is 0.592. The fourth-order valence-electron chi connectivity index (χ4n) is 1.48. The molecule has 1 rings (SSSR count). The standard InChI is InChI=1S/C15H22ClNOS/c1-4-15(2,3)17-14(18)6-5-11-19-13-9-7-12(16)8-10-13/h7-10H,4-6,11H2,1-3H3,(H,17,18). The molecule has 0 spiro atoms. The van der Waals surface area contributed by atoms with Crippen molar-refractivity contribution in [2.75, 3.05) is 5.75 Å². The van der Waals surface area contributed by atoms with E-state index in [9.17, 15) is 4.79 Å². The van der Waals surface area contributed by atoms with E-state index in [1.807, 2.05) is 38.1 Å². The van der Waals surface area contributed by atoms with Crippen LogP contribution < -0.4 is 5.32 Å². The van der Waals surface area contributed by atoms with Crippen LogP contribution in [0.25, 0.3) is 0 Å². The molecule has 0 aliphatic carbocycles. The third-order valence-electron chi connectivity index (χ3n) is 2.99. The Labute approximate surface area is 125 Å². The van der Waals surface area contributed by atoms with Crippen molar-refractivity contribution in [3.63, 3.8) is 0 Å². The lowest BCUT2D eigenvalue weighted by Crippen LogP contribution is -2.42. The second kappa shape index (κ2) is 7.81. The first-order valence-corrected chi connectivity index (χ1v) is 7.99. The van der Waals surface area contributed by atoms with Gasteiger partial charge in [-0.1, -0.05) is 18.5 Å². The highest BCUT2D eigenvalue weighted by molar-refractivity contribution is 7.99. The number of hydrogen-bond donors (Lipinski definition) is 1. The highest BCUT2D eigenvalue weighted by Crippen LogP contribution is 2.21. The van der Waals surface area contributed by atoms with Gasteiger partial charge in [-0.15, -0.1) is 11.8 Å². The van der Waals surface area contributed by atoms with E-state index in [0.717, 1.165) is 23.6 Å². The van der Waals surface area contributed by atoms with Crippen LogP contribution in [0.15, 0.2) is 29.2 Å². The number of rotatable bonds is 7. The van der Waals surface area contributed by atoms with E-state index >= 15 is 0 Å². The van der Waals surface area contributed by atoms with E-state index in [2.05, 4.69) is 12.2 Å². The summed E-state index contributed by atoms with van der Waals surface area (Å²) in [6, 6.07) is 7.79. The molecular formula is C15H22ClNOS. The first-order chi connectivity index (χ1) is 8.93. The Balaban J connectivity index is 2.20. The largest absolute Gasteiger partial charge is 0.351 e. The zero-order valence-corrected chi connectivity index (χ0v) is 13.4. The third kappa shape index (κ3) is 6.88. The lowest BCUT2D eigenvalue weighted by atomic mass is 10.0. The van der Waals surface area contributed by atoms with E-state index in [-0.39, 0.29) is 11.4 Å². The van der Waals surface area contributed by atoms with Gasteiger partial charge in [-0.2, -0.15) is 0 Å². The minimum Gasteiger partial charge on any atom is -0.351 e. The zero-order chi connectivity index (χ0) is 14.3. The lowest BCUT2D eigenvalue weighted by Gasteiger charge is -2.24.